The number of hydrogen-bond donors (Lipinski definition) is 2. The van der Waals surface area contributed by atoms with Crippen molar-refractivity contribution in [3.63, 3.8) is 0 Å². The minimum atomic E-state index is -4.69. The van der Waals surface area contributed by atoms with Crippen LogP contribution in [0.1, 0.15) is 22.5 Å². The average Bonchev–Trinajstić information content (AvgIpc) is 2.67. The molecule has 20 heavy (non-hydrogen) atoms. The highest BCUT2D eigenvalue weighted by Crippen LogP contribution is 2.32. The first-order chi connectivity index (χ1) is 9.29. The number of H-pyrrole nitrogens is 1. The van der Waals surface area contributed by atoms with Crippen LogP contribution in [0, 0.1) is 19.7 Å². The summed E-state index contributed by atoms with van der Waals surface area (Å²) in [5.41, 5.74) is 1.35. The lowest BCUT2D eigenvalue weighted by Gasteiger charge is -2.11. The third kappa shape index (κ3) is 2.92. The second-order valence-corrected chi connectivity index (χ2v) is 4.47. The molecule has 0 saturated heterocycles. The van der Waals surface area contributed by atoms with Crippen LogP contribution in [-0.4, -0.2) is 10.2 Å². The molecule has 0 aliphatic carbocycles. The van der Waals surface area contributed by atoms with Crippen molar-refractivity contribution in [3.05, 3.63) is 46.5 Å². The minimum Gasteiger partial charge on any atom is -0.378 e. The zero-order valence-electron chi connectivity index (χ0n) is 10.9. The number of halogens is 4. The molecule has 0 saturated carbocycles. The first kappa shape index (κ1) is 14.4. The van der Waals surface area contributed by atoms with Gasteiger partial charge in [-0.25, -0.2) is 4.39 Å². The van der Waals surface area contributed by atoms with Gasteiger partial charge in [0.15, 0.2) is 0 Å². The van der Waals surface area contributed by atoms with Crippen molar-refractivity contribution < 1.29 is 17.6 Å². The molecular weight excluding hydrogens is 274 g/mol. The molecule has 0 fully saturated rings. The molecule has 108 valence electrons. The highest BCUT2D eigenvalue weighted by Gasteiger charge is 2.34. The predicted octanol–water partition coefficient (Wildman–Crippen LogP) is 3.80. The van der Waals surface area contributed by atoms with E-state index in [1.807, 2.05) is 0 Å². The van der Waals surface area contributed by atoms with Gasteiger partial charge < -0.3 is 5.32 Å². The smallest absolute Gasteiger partial charge is 0.378 e. The molecule has 1 aromatic heterocycles. The van der Waals surface area contributed by atoms with Crippen molar-refractivity contribution in [1.29, 1.82) is 0 Å². The molecule has 2 aromatic rings. The van der Waals surface area contributed by atoms with Gasteiger partial charge in [-0.3, -0.25) is 5.10 Å². The first-order valence-corrected chi connectivity index (χ1v) is 5.90. The number of nitrogens with zero attached hydrogens (tertiary/aromatic N) is 1. The van der Waals surface area contributed by atoms with Crippen LogP contribution in [0.3, 0.4) is 0 Å². The number of nitrogens with one attached hydrogen (secondary N) is 2. The van der Waals surface area contributed by atoms with E-state index in [1.54, 1.807) is 13.8 Å². The Morgan fingerprint density at radius 3 is 2.50 bits per heavy atom. The summed E-state index contributed by atoms with van der Waals surface area (Å²) in [6, 6.07) is 2.96. The second-order valence-electron chi connectivity index (χ2n) is 4.47. The van der Waals surface area contributed by atoms with Crippen molar-refractivity contribution in [3.8, 4) is 0 Å². The summed E-state index contributed by atoms with van der Waals surface area (Å²) in [4.78, 5) is 0. The molecule has 3 nitrogen and oxygen atoms in total. The van der Waals surface area contributed by atoms with Gasteiger partial charge in [0.05, 0.1) is 22.6 Å². The number of aromatic amines is 1. The van der Waals surface area contributed by atoms with Gasteiger partial charge in [0.2, 0.25) is 0 Å². The van der Waals surface area contributed by atoms with Crippen molar-refractivity contribution in [1.82, 2.24) is 10.2 Å². The molecule has 2 rings (SSSR count). The molecule has 0 radical (unpaired) electrons. The fourth-order valence-corrected chi connectivity index (χ4v) is 1.90. The maximum absolute atomic E-state index is 13.2. The van der Waals surface area contributed by atoms with Crippen LogP contribution in [0.5, 0.6) is 0 Å². The van der Waals surface area contributed by atoms with Gasteiger partial charge in [-0.1, -0.05) is 6.07 Å². The highest BCUT2D eigenvalue weighted by molar-refractivity contribution is 5.51. The topological polar surface area (TPSA) is 40.7 Å². The largest absolute Gasteiger partial charge is 0.419 e. The van der Waals surface area contributed by atoms with Gasteiger partial charge in [0, 0.05) is 6.54 Å². The summed E-state index contributed by atoms with van der Waals surface area (Å²) in [6.45, 7) is 3.73. The molecular formula is C13H13F4N3. The van der Waals surface area contributed by atoms with E-state index in [0.717, 1.165) is 29.2 Å². The predicted molar refractivity (Wildman–Crippen MR) is 66.8 cm³/mol. The quantitative estimate of drug-likeness (QED) is 0.843. The maximum Gasteiger partial charge on any atom is 0.419 e. The zero-order valence-corrected chi connectivity index (χ0v) is 10.9. The van der Waals surface area contributed by atoms with Crippen LogP contribution in [0.2, 0.25) is 0 Å². The van der Waals surface area contributed by atoms with Gasteiger partial charge in [-0.05, 0) is 31.5 Å². The Kier molecular flexibility index (Phi) is 3.69. The van der Waals surface area contributed by atoms with E-state index in [4.69, 9.17) is 0 Å². The van der Waals surface area contributed by atoms with Gasteiger partial charge in [0.1, 0.15) is 5.82 Å². The van der Waals surface area contributed by atoms with Crippen molar-refractivity contribution >= 4 is 5.69 Å². The third-order valence-electron chi connectivity index (χ3n) is 2.93. The summed E-state index contributed by atoms with van der Waals surface area (Å²) < 4.78 is 50.9. The lowest BCUT2D eigenvalue weighted by molar-refractivity contribution is -0.140. The van der Waals surface area contributed by atoms with E-state index in [-0.39, 0.29) is 6.54 Å². The lowest BCUT2D eigenvalue weighted by Crippen LogP contribution is -2.10. The SMILES string of the molecule is Cc1n[nH]c(C)c1NCc1ccc(F)c(C(F)(F)F)c1. The molecule has 1 heterocycles. The van der Waals surface area contributed by atoms with Crippen LogP contribution >= 0.6 is 0 Å². The third-order valence-corrected chi connectivity index (χ3v) is 2.93. The Morgan fingerprint density at radius 1 is 1.25 bits per heavy atom. The van der Waals surface area contributed by atoms with Crippen LogP contribution in [0.25, 0.3) is 0 Å². The van der Waals surface area contributed by atoms with E-state index in [0.29, 0.717) is 5.56 Å². The Labute approximate surface area is 113 Å². The Morgan fingerprint density at radius 2 is 1.95 bits per heavy atom. The molecule has 1 aromatic carbocycles. The van der Waals surface area contributed by atoms with Crippen LogP contribution in [0.4, 0.5) is 23.2 Å². The number of aromatic nitrogens is 2. The number of alkyl halides is 3. The molecule has 0 atom stereocenters. The summed E-state index contributed by atoms with van der Waals surface area (Å²) in [5, 5.41) is 9.73. The number of anilines is 1. The van der Waals surface area contributed by atoms with E-state index in [2.05, 4.69) is 15.5 Å². The minimum absolute atomic E-state index is 0.157. The molecule has 0 bridgehead atoms. The Balaban J connectivity index is 2.19. The van der Waals surface area contributed by atoms with Gasteiger partial charge >= 0.3 is 6.18 Å². The fraction of sp³-hybridized carbons (Fsp3) is 0.308. The van der Waals surface area contributed by atoms with Crippen LogP contribution in [0.15, 0.2) is 18.2 Å². The summed E-state index contributed by atoms with van der Waals surface area (Å²) in [7, 11) is 0. The van der Waals surface area contributed by atoms with Gasteiger partial charge in [0.25, 0.3) is 0 Å². The lowest BCUT2D eigenvalue weighted by atomic mass is 10.1. The number of benzene rings is 1. The van der Waals surface area contributed by atoms with Crippen LogP contribution in [-0.2, 0) is 12.7 Å². The molecule has 2 N–H and O–H groups in total. The molecule has 0 amide bonds. The maximum atomic E-state index is 13.2. The summed E-state index contributed by atoms with van der Waals surface area (Å²) in [6.07, 6.45) is -4.69. The first-order valence-electron chi connectivity index (χ1n) is 5.90. The van der Waals surface area contributed by atoms with Crippen molar-refractivity contribution in [2.24, 2.45) is 0 Å². The van der Waals surface area contributed by atoms with Crippen LogP contribution < -0.4 is 5.32 Å². The number of rotatable bonds is 3. The average molecular weight is 287 g/mol. The normalized spacial score (nSPS) is 11.7. The molecule has 0 unspecified atom stereocenters. The summed E-state index contributed by atoms with van der Waals surface area (Å²) >= 11 is 0. The van der Waals surface area contributed by atoms with E-state index in [9.17, 15) is 17.6 Å². The van der Waals surface area contributed by atoms with Crippen molar-refractivity contribution in [2.75, 3.05) is 5.32 Å². The Hall–Kier alpha value is -2.05. The van der Waals surface area contributed by atoms with E-state index in [1.165, 1.54) is 6.07 Å². The highest BCUT2D eigenvalue weighted by atomic mass is 19.4. The van der Waals surface area contributed by atoms with E-state index < -0.39 is 17.6 Å². The van der Waals surface area contributed by atoms with Gasteiger partial charge in [-0.2, -0.15) is 18.3 Å². The molecule has 7 heteroatoms. The van der Waals surface area contributed by atoms with E-state index >= 15 is 0 Å². The Bertz CT molecular complexity index is 597. The number of hydrogen-bond acceptors (Lipinski definition) is 2. The van der Waals surface area contributed by atoms with Crippen molar-refractivity contribution in [2.45, 2.75) is 26.6 Å². The monoisotopic (exact) mass is 287 g/mol. The number of aryl methyl sites for hydroxylation is 2. The fourth-order valence-electron chi connectivity index (χ4n) is 1.90. The molecule has 0 spiro atoms. The molecule has 0 aliphatic rings. The molecule has 0 aliphatic heterocycles. The summed E-state index contributed by atoms with van der Waals surface area (Å²) in [5.74, 6) is -1.27. The zero-order chi connectivity index (χ0) is 14.9. The second kappa shape index (κ2) is 5.15. The standard InChI is InChI=1S/C13H13F4N3/c1-7-12(8(2)20-19-7)18-6-9-3-4-11(14)10(5-9)13(15,16)17/h3-5,18H,6H2,1-2H3,(H,19,20). The van der Waals surface area contributed by atoms with Gasteiger partial charge in [-0.15, -0.1) is 0 Å².